The molecule has 0 N–H and O–H groups in total. The van der Waals surface area contributed by atoms with Gasteiger partial charge in [-0.05, 0) is 13.0 Å². The fraction of sp³-hybridized carbons (Fsp3) is 0.231. The molecular formula is C13H13NO2. The lowest BCUT2D eigenvalue weighted by Gasteiger charge is -2.09. The van der Waals surface area contributed by atoms with Crippen molar-refractivity contribution in [3.8, 4) is 5.75 Å². The van der Waals surface area contributed by atoms with E-state index in [1.165, 1.54) is 0 Å². The Morgan fingerprint density at radius 3 is 2.81 bits per heavy atom. The summed E-state index contributed by atoms with van der Waals surface area (Å²) in [5.74, 6) is 0.795. The summed E-state index contributed by atoms with van der Waals surface area (Å²) in [6.45, 7) is 1.58. The van der Waals surface area contributed by atoms with Crippen molar-refractivity contribution in [2.45, 2.75) is 13.3 Å². The Balaban J connectivity index is 2.67. The summed E-state index contributed by atoms with van der Waals surface area (Å²) in [6, 6.07) is 7.76. The Bertz CT molecular complexity index is 534. The number of carbonyl (C=O) groups is 1. The lowest BCUT2D eigenvalue weighted by atomic mass is 10.0. The third kappa shape index (κ3) is 1.89. The van der Waals surface area contributed by atoms with Crippen molar-refractivity contribution in [2.75, 3.05) is 7.11 Å². The number of fused-ring (bicyclic) bond motifs is 1. The van der Waals surface area contributed by atoms with Gasteiger partial charge in [-0.1, -0.05) is 18.2 Å². The maximum Gasteiger partial charge on any atom is 0.141 e. The van der Waals surface area contributed by atoms with Crippen molar-refractivity contribution in [2.24, 2.45) is 0 Å². The molecule has 0 aliphatic rings. The zero-order chi connectivity index (χ0) is 11.5. The average Bonchev–Trinajstić information content (AvgIpc) is 2.29. The molecule has 3 heteroatoms. The molecule has 16 heavy (non-hydrogen) atoms. The van der Waals surface area contributed by atoms with Crippen LogP contribution in [0.3, 0.4) is 0 Å². The molecule has 0 radical (unpaired) electrons. The Labute approximate surface area is 94.1 Å². The molecule has 0 spiro atoms. The van der Waals surface area contributed by atoms with Crippen LogP contribution in [0.5, 0.6) is 5.75 Å². The number of benzene rings is 1. The van der Waals surface area contributed by atoms with Gasteiger partial charge in [-0.15, -0.1) is 0 Å². The minimum atomic E-state index is 0.120. The zero-order valence-corrected chi connectivity index (χ0v) is 9.36. The number of hydrogen-bond acceptors (Lipinski definition) is 3. The van der Waals surface area contributed by atoms with Gasteiger partial charge in [-0.25, -0.2) is 0 Å². The molecule has 3 nitrogen and oxygen atoms in total. The highest BCUT2D eigenvalue weighted by Crippen LogP contribution is 2.26. The number of hydrogen-bond donors (Lipinski definition) is 0. The molecule has 0 aliphatic heterocycles. The summed E-state index contributed by atoms with van der Waals surface area (Å²) in [5, 5.41) is 0.983. The van der Waals surface area contributed by atoms with Gasteiger partial charge in [-0.2, -0.15) is 0 Å². The lowest BCUT2D eigenvalue weighted by Crippen LogP contribution is -2.01. The van der Waals surface area contributed by atoms with E-state index in [9.17, 15) is 4.79 Å². The average molecular weight is 215 g/mol. The van der Waals surface area contributed by atoms with Gasteiger partial charge in [0, 0.05) is 17.4 Å². The highest BCUT2D eigenvalue weighted by atomic mass is 16.5. The minimum Gasteiger partial charge on any atom is -0.495 e. The van der Waals surface area contributed by atoms with Gasteiger partial charge < -0.3 is 4.74 Å². The van der Waals surface area contributed by atoms with E-state index in [1.807, 2.05) is 24.3 Å². The largest absolute Gasteiger partial charge is 0.495 e. The Hall–Kier alpha value is -1.90. The van der Waals surface area contributed by atoms with Crippen molar-refractivity contribution < 1.29 is 9.53 Å². The number of rotatable bonds is 3. The predicted octanol–water partition coefficient (Wildman–Crippen LogP) is 2.37. The van der Waals surface area contributed by atoms with Crippen LogP contribution in [0.15, 0.2) is 30.5 Å². The van der Waals surface area contributed by atoms with E-state index in [2.05, 4.69) is 4.98 Å². The molecule has 0 unspecified atom stereocenters. The Morgan fingerprint density at radius 2 is 2.12 bits per heavy atom. The number of ketones is 1. The molecule has 0 amide bonds. The predicted molar refractivity (Wildman–Crippen MR) is 62.7 cm³/mol. The first kappa shape index (κ1) is 10.6. The summed E-state index contributed by atoms with van der Waals surface area (Å²) in [6.07, 6.45) is 2.05. The van der Waals surface area contributed by atoms with Crippen LogP contribution in [-0.2, 0) is 11.2 Å². The molecule has 2 aromatic rings. The Morgan fingerprint density at radius 1 is 1.38 bits per heavy atom. The molecule has 1 heterocycles. The van der Waals surface area contributed by atoms with E-state index in [0.29, 0.717) is 12.2 Å². The summed E-state index contributed by atoms with van der Waals surface area (Å²) in [7, 11) is 1.59. The summed E-state index contributed by atoms with van der Waals surface area (Å²) >= 11 is 0. The lowest BCUT2D eigenvalue weighted by molar-refractivity contribution is -0.116. The fourth-order valence-electron chi connectivity index (χ4n) is 1.79. The molecule has 0 fully saturated rings. The maximum absolute atomic E-state index is 11.2. The first-order chi connectivity index (χ1) is 7.72. The number of carbonyl (C=O) groups excluding carboxylic acids is 1. The van der Waals surface area contributed by atoms with Crippen LogP contribution in [0.4, 0.5) is 0 Å². The number of aromatic nitrogens is 1. The molecule has 0 bridgehead atoms. The van der Waals surface area contributed by atoms with E-state index in [1.54, 1.807) is 20.2 Å². The van der Waals surface area contributed by atoms with Crippen molar-refractivity contribution in [1.29, 1.82) is 0 Å². The normalized spacial score (nSPS) is 10.4. The molecule has 1 aromatic heterocycles. The number of pyridine rings is 1. The molecular weight excluding hydrogens is 202 g/mol. The fourth-order valence-corrected chi connectivity index (χ4v) is 1.79. The van der Waals surface area contributed by atoms with Crippen LogP contribution < -0.4 is 4.74 Å². The highest BCUT2D eigenvalue weighted by Gasteiger charge is 2.10. The quantitative estimate of drug-likeness (QED) is 0.789. The van der Waals surface area contributed by atoms with E-state index < -0.39 is 0 Å². The minimum absolute atomic E-state index is 0.120. The van der Waals surface area contributed by atoms with Crippen LogP contribution in [0.2, 0.25) is 0 Å². The zero-order valence-electron chi connectivity index (χ0n) is 9.36. The third-order valence-corrected chi connectivity index (χ3v) is 2.49. The third-order valence-electron chi connectivity index (χ3n) is 2.49. The second-order valence-electron chi connectivity index (χ2n) is 3.70. The molecule has 1 aromatic carbocycles. The van der Waals surface area contributed by atoms with Gasteiger partial charge in [-0.3, -0.25) is 9.78 Å². The van der Waals surface area contributed by atoms with Crippen LogP contribution in [-0.4, -0.2) is 17.9 Å². The molecule has 0 atom stereocenters. The smallest absolute Gasteiger partial charge is 0.141 e. The van der Waals surface area contributed by atoms with Gasteiger partial charge in [0.1, 0.15) is 11.5 Å². The van der Waals surface area contributed by atoms with Crippen LogP contribution in [0.1, 0.15) is 12.5 Å². The van der Waals surface area contributed by atoms with Gasteiger partial charge in [0.05, 0.1) is 18.8 Å². The summed E-state index contributed by atoms with van der Waals surface area (Å²) in [5.41, 5.74) is 1.81. The van der Waals surface area contributed by atoms with Gasteiger partial charge in [0.2, 0.25) is 0 Å². The second-order valence-corrected chi connectivity index (χ2v) is 3.70. The van der Waals surface area contributed by atoms with Gasteiger partial charge in [0.15, 0.2) is 0 Å². The number of nitrogens with zero attached hydrogens (tertiary/aromatic N) is 1. The molecule has 0 aliphatic carbocycles. The standard InChI is InChI=1S/C13H13NO2/c1-9(15)7-11-10-5-3-4-6-12(10)14-8-13(11)16-2/h3-6,8H,7H2,1-2H3. The SMILES string of the molecule is COc1cnc2ccccc2c1CC(C)=O. The number of para-hydroxylation sites is 1. The topological polar surface area (TPSA) is 39.2 Å². The summed E-state index contributed by atoms with van der Waals surface area (Å²) < 4.78 is 5.24. The van der Waals surface area contributed by atoms with E-state index >= 15 is 0 Å². The van der Waals surface area contributed by atoms with Crippen LogP contribution >= 0.6 is 0 Å². The monoisotopic (exact) mass is 215 g/mol. The Kier molecular flexibility index (Phi) is 2.86. The van der Waals surface area contributed by atoms with E-state index in [4.69, 9.17) is 4.74 Å². The van der Waals surface area contributed by atoms with E-state index in [0.717, 1.165) is 16.5 Å². The van der Waals surface area contributed by atoms with Crippen LogP contribution in [0, 0.1) is 0 Å². The van der Waals surface area contributed by atoms with Crippen molar-refractivity contribution in [3.63, 3.8) is 0 Å². The van der Waals surface area contributed by atoms with Crippen LogP contribution in [0.25, 0.3) is 10.9 Å². The highest BCUT2D eigenvalue weighted by molar-refractivity contribution is 5.89. The van der Waals surface area contributed by atoms with Gasteiger partial charge in [0.25, 0.3) is 0 Å². The first-order valence-corrected chi connectivity index (χ1v) is 5.12. The van der Waals surface area contributed by atoms with Crippen molar-refractivity contribution in [3.05, 3.63) is 36.0 Å². The molecule has 82 valence electrons. The molecule has 0 saturated carbocycles. The summed E-state index contributed by atoms with van der Waals surface area (Å²) in [4.78, 5) is 15.5. The second kappa shape index (κ2) is 4.31. The molecule has 2 rings (SSSR count). The number of methoxy groups -OCH3 is 1. The van der Waals surface area contributed by atoms with Gasteiger partial charge >= 0.3 is 0 Å². The van der Waals surface area contributed by atoms with Crippen molar-refractivity contribution >= 4 is 16.7 Å². The maximum atomic E-state index is 11.2. The number of Topliss-reactive ketones (excluding diaryl/α,β-unsaturated/α-hetero) is 1. The van der Waals surface area contributed by atoms with Crippen molar-refractivity contribution in [1.82, 2.24) is 4.98 Å². The first-order valence-electron chi connectivity index (χ1n) is 5.12. The molecule has 0 saturated heterocycles. The van der Waals surface area contributed by atoms with E-state index in [-0.39, 0.29) is 5.78 Å². The number of ether oxygens (including phenoxy) is 1.